The van der Waals surface area contributed by atoms with Crippen molar-refractivity contribution in [3.05, 3.63) is 60.2 Å². The largest absolute Gasteiger partial charge is 0.497 e. The Balaban J connectivity index is 2.00. The summed E-state index contributed by atoms with van der Waals surface area (Å²) in [7, 11) is 3.05. The molecule has 0 saturated carbocycles. The molecule has 0 heterocycles. The second kappa shape index (κ2) is 10.1. The molecular formula is C21H24N2O5. The summed E-state index contributed by atoms with van der Waals surface area (Å²) in [6.45, 7) is 1.44. The van der Waals surface area contributed by atoms with Crippen molar-refractivity contribution in [1.82, 2.24) is 9.80 Å². The maximum atomic E-state index is 12.7. The minimum absolute atomic E-state index is 0.0353. The van der Waals surface area contributed by atoms with Gasteiger partial charge in [0.25, 0.3) is 0 Å². The Bertz CT molecular complexity index is 805. The smallest absolute Gasteiger partial charge is 0.415 e. The summed E-state index contributed by atoms with van der Waals surface area (Å²) in [5.74, 6) is 0.608. The highest BCUT2D eigenvalue weighted by Gasteiger charge is 2.21. The van der Waals surface area contributed by atoms with Crippen LogP contribution >= 0.6 is 0 Å². The molecule has 7 heteroatoms. The van der Waals surface area contributed by atoms with E-state index in [0.29, 0.717) is 11.5 Å². The van der Waals surface area contributed by atoms with E-state index >= 15 is 0 Å². The highest BCUT2D eigenvalue weighted by molar-refractivity contribution is 5.87. The number of amides is 2. The Labute approximate surface area is 164 Å². The lowest BCUT2D eigenvalue weighted by Gasteiger charge is -2.24. The average Bonchev–Trinajstić information content (AvgIpc) is 2.68. The molecule has 28 heavy (non-hydrogen) atoms. The van der Waals surface area contributed by atoms with Crippen LogP contribution in [0.5, 0.6) is 11.5 Å². The van der Waals surface area contributed by atoms with Crippen LogP contribution in [0.3, 0.4) is 0 Å². The first-order valence-electron chi connectivity index (χ1n) is 8.77. The highest BCUT2D eigenvalue weighted by Crippen LogP contribution is 2.14. The molecule has 0 unspecified atom stereocenters. The van der Waals surface area contributed by atoms with Gasteiger partial charge in [0, 0.05) is 13.6 Å². The summed E-state index contributed by atoms with van der Waals surface area (Å²) in [5.41, 5.74) is 0.852. The predicted molar refractivity (Wildman–Crippen MR) is 104 cm³/mol. The van der Waals surface area contributed by atoms with E-state index in [9.17, 15) is 14.4 Å². The van der Waals surface area contributed by atoms with E-state index in [1.165, 1.54) is 23.8 Å². The van der Waals surface area contributed by atoms with Gasteiger partial charge in [-0.3, -0.25) is 9.59 Å². The standard InChI is InChI=1S/C21H24N2O5/c1-16(24)13-23(14-17-9-11-18(27-3)12-10-17)20(25)15-22(2)21(26)28-19-7-5-4-6-8-19/h4-12H,13-15H2,1-3H3. The fraction of sp³-hybridized carbons (Fsp3) is 0.286. The molecule has 0 spiro atoms. The van der Waals surface area contributed by atoms with Gasteiger partial charge in [0.15, 0.2) is 0 Å². The molecule has 2 rings (SSSR count). The van der Waals surface area contributed by atoms with Crippen molar-refractivity contribution < 1.29 is 23.9 Å². The van der Waals surface area contributed by atoms with E-state index in [-0.39, 0.29) is 31.3 Å². The molecule has 0 fully saturated rings. The van der Waals surface area contributed by atoms with Crippen LogP contribution in [-0.4, -0.2) is 54.8 Å². The number of methoxy groups -OCH3 is 1. The van der Waals surface area contributed by atoms with Crippen molar-refractivity contribution in [2.45, 2.75) is 13.5 Å². The first-order valence-corrected chi connectivity index (χ1v) is 8.77. The van der Waals surface area contributed by atoms with Crippen LogP contribution < -0.4 is 9.47 Å². The molecule has 2 aromatic rings. The van der Waals surface area contributed by atoms with Gasteiger partial charge in [0.05, 0.1) is 13.7 Å². The molecule has 0 aliphatic rings. The first kappa shape index (κ1) is 21.0. The number of carbonyl (C=O) groups excluding carboxylic acids is 3. The van der Waals surface area contributed by atoms with Crippen LogP contribution in [0, 0.1) is 0 Å². The molecule has 2 amide bonds. The quantitative estimate of drug-likeness (QED) is 0.699. The van der Waals surface area contributed by atoms with E-state index in [1.807, 2.05) is 18.2 Å². The molecule has 0 bridgehead atoms. The molecular weight excluding hydrogens is 360 g/mol. The van der Waals surface area contributed by atoms with Gasteiger partial charge >= 0.3 is 6.09 Å². The fourth-order valence-electron chi connectivity index (χ4n) is 2.49. The van der Waals surface area contributed by atoms with E-state index in [2.05, 4.69) is 0 Å². The van der Waals surface area contributed by atoms with Crippen LogP contribution in [0.2, 0.25) is 0 Å². The van der Waals surface area contributed by atoms with E-state index in [0.717, 1.165) is 5.56 Å². The van der Waals surface area contributed by atoms with Gasteiger partial charge in [0.1, 0.15) is 23.8 Å². The number of nitrogens with zero attached hydrogens (tertiary/aromatic N) is 2. The Morgan fingerprint density at radius 1 is 0.893 bits per heavy atom. The fourth-order valence-corrected chi connectivity index (χ4v) is 2.49. The summed E-state index contributed by atoms with van der Waals surface area (Å²) in [5, 5.41) is 0. The number of ketones is 1. The van der Waals surface area contributed by atoms with Crippen LogP contribution in [0.1, 0.15) is 12.5 Å². The number of carbonyl (C=O) groups is 3. The van der Waals surface area contributed by atoms with Crippen LogP contribution in [0.15, 0.2) is 54.6 Å². The lowest BCUT2D eigenvalue weighted by Crippen LogP contribution is -2.43. The lowest BCUT2D eigenvalue weighted by molar-refractivity contribution is -0.135. The zero-order valence-corrected chi connectivity index (χ0v) is 16.3. The molecule has 7 nitrogen and oxygen atoms in total. The molecule has 0 saturated heterocycles. The topological polar surface area (TPSA) is 76.2 Å². The molecule has 0 aliphatic heterocycles. The number of benzene rings is 2. The Kier molecular flexibility index (Phi) is 7.56. The summed E-state index contributed by atoms with van der Waals surface area (Å²) in [6.07, 6.45) is -0.647. The second-order valence-electron chi connectivity index (χ2n) is 6.34. The number of rotatable bonds is 8. The third-order valence-corrected chi connectivity index (χ3v) is 3.93. The third-order valence-electron chi connectivity index (χ3n) is 3.93. The van der Waals surface area contributed by atoms with Gasteiger partial charge in [-0.2, -0.15) is 0 Å². The van der Waals surface area contributed by atoms with Crippen LogP contribution in [0.25, 0.3) is 0 Å². The summed E-state index contributed by atoms with van der Waals surface area (Å²) >= 11 is 0. The summed E-state index contributed by atoms with van der Waals surface area (Å²) < 4.78 is 10.3. The predicted octanol–water partition coefficient (Wildman–Crippen LogP) is 2.74. The van der Waals surface area contributed by atoms with Crippen molar-refractivity contribution in [2.75, 3.05) is 27.2 Å². The molecule has 0 N–H and O–H groups in total. The van der Waals surface area contributed by atoms with E-state index < -0.39 is 6.09 Å². The van der Waals surface area contributed by atoms with Gasteiger partial charge < -0.3 is 19.3 Å². The third kappa shape index (κ3) is 6.42. The second-order valence-corrected chi connectivity index (χ2v) is 6.34. The summed E-state index contributed by atoms with van der Waals surface area (Å²) in [4.78, 5) is 39.0. The molecule has 0 aliphatic carbocycles. The zero-order valence-electron chi connectivity index (χ0n) is 16.3. The highest BCUT2D eigenvalue weighted by atomic mass is 16.6. The molecule has 0 atom stereocenters. The average molecular weight is 384 g/mol. The normalized spacial score (nSPS) is 10.1. The number of hydrogen-bond donors (Lipinski definition) is 0. The van der Waals surface area contributed by atoms with E-state index in [4.69, 9.17) is 9.47 Å². The van der Waals surface area contributed by atoms with Crippen molar-refractivity contribution in [3.63, 3.8) is 0 Å². The minimum Gasteiger partial charge on any atom is -0.497 e. The van der Waals surface area contributed by atoms with Crippen LogP contribution in [-0.2, 0) is 16.1 Å². The monoisotopic (exact) mass is 384 g/mol. The maximum Gasteiger partial charge on any atom is 0.415 e. The molecule has 0 radical (unpaired) electrons. The molecule has 148 valence electrons. The van der Waals surface area contributed by atoms with Gasteiger partial charge in [0.2, 0.25) is 5.91 Å². The number of Topliss-reactive ketones (excluding diaryl/α,β-unsaturated/α-hetero) is 1. The Morgan fingerprint density at radius 3 is 2.11 bits per heavy atom. The van der Waals surface area contributed by atoms with Gasteiger partial charge in [-0.15, -0.1) is 0 Å². The molecule has 0 aromatic heterocycles. The number of para-hydroxylation sites is 1. The SMILES string of the molecule is COc1ccc(CN(CC(C)=O)C(=O)CN(C)C(=O)Oc2ccccc2)cc1. The maximum absolute atomic E-state index is 12.7. The number of hydrogen-bond acceptors (Lipinski definition) is 5. The van der Waals surface area contributed by atoms with Crippen molar-refractivity contribution in [2.24, 2.45) is 0 Å². The van der Waals surface area contributed by atoms with Gasteiger partial charge in [-0.1, -0.05) is 30.3 Å². The zero-order chi connectivity index (χ0) is 20.5. The Hall–Kier alpha value is -3.35. The van der Waals surface area contributed by atoms with Gasteiger partial charge in [-0.25, -0.2) is 4.79 Å². The van der Waals surface area contributed by atoms with Crippen molar-refractivity contribution in [1.29, 1.82) is 0 Å². The van der Waals surface area contributed by atoms with Crippen molar-refractivity contribution >= 4 is 17.8 Å². The first-order chi connectivity index (χ1) is 13.4. The number of likely N-dealkylation sites (N-methyl/N-ethyl adjacent to an activating group) is 1. The number of ether oxygens (including phenoxy) is 2. The van der Waals surface area contributed by atoms with E-state index in [1.54, 1.807) is 43.5 Å². The van der Waals surface area contributed by atoms with Crippen molar-refractivity contribution in [3.8, 4) is 11.5 Å². The summed E-state index contributed by atoms with van der Waals surface area (Å²) in [6, 6.07) is 15.8. The van der Waals surface area contributed by atoms with Gasteiger partial charge in [-0.05, 0) is 36.8 Å². The minimum atomic E-state index is -0.647. The molecule has 2 aromatic carbocycles. The lowest BCUT2D eigenvalue weighted by atomic mass is 10.2. The Morgan fingerprint density at radius 2 is 1.54 bits per heavy atom. The van der Waals surface area contributed by atoms with Crippen LogP contribution in [0.4, 0.5) is 4.79 Å².